The Balaban J connectivity index is 2.01. The highest BCUT2D eigenvalue weighted by molar-refractivity contribution is 7.13. The highest BCUT2D eigenvalue weighted by atomic mass is 32.1. The van der Waals surface area contributed by atoms with Crippen molar-refractivity contribution in [3.63, 3.8) is 0 Å². The van der Waals surface area contributed by atoms with E-state index >= 15 is 0 Å². The second-order valence-electron chi connectivity index (χ2n) is 3.56. The number of hydrogen-bond donors (Lipinski definition) is 1. The predicted octanol–water partition coefficient (Wildman–Crippen LogP) is 2.38. The Morgan fingerprint density at radius 2 is 2.00 bits per heavy atom. The molecule has 2 heterocycles. The smallest absolute Gasteiger partial charge is 0.343 e. The maximum absolute atomic E-state index is 12.0. The molecule has 4 nitrogen and oxygen atoms in total. The Labute approximate surface area is 110 Å². The number of pyridine rings is 1. The number of carbonyl (C=O) groups is 1. The fraction of sp³-hybridized carbons (Fsp3) is 0.182. The minimum atomic E-state index is -4.87. The number of nitrogens with one attached hydrogen (secondary N) is 1. The molecular weight excluding hydrogens is 279 g/mol. The van der Waals surface area contributed by atoms with E-state index in [-0.39, 0.29) is 6.54 Å². The van der Waals surface area contributed by atoms with Crippen LogP contribution in [0.1, 0.15) is 5.69 Å². The molecule has 1 N–H and O–H groups in total. The molecule has 0 bridgehead atoms. The SMILES string of the molecule is O=C(NCc1csc(-c2ccncc2)n1)C(F)(F)F. The Hall–Kier alpha value is -1.96. The Kier molecular flexibility index (Phi) is 3.79. The summed E-state index contributed by atoms with van der Waals surface area (Å²) in [5.41, 5.74) is 1.21. The van der Waals surface area contributed by atoms with Crippen LogP contribution in [-0.2, 0) is 11.3 Å². The van der Waals surface area contributed by atoms with Crippen molar-refractivity contribution in [1.29, 1.82) is 0 Å². The lowest BCUT2D eigenvalue weighted by atomic mass is 10.3. The molecule has 2 aromatic rings. The average molecular weight is 287 g/mol. The van der Waals surface area contributed by atoms with Gasteiger partial charge >= 0.3 is 12.1 Å². The summed E-state index contributed by atoms with van der Waals surface area (Å²) in [6, 6.07) is 3.49. The number of amides is 1. The van der Waals surface area contributed by atoms with E-state index in [0.717, 1.165) is 5.56 Å². The van der Waals surface area contributed by atoms with E-state index < -0.39 is 12.1 Å². The van der Waals surface area contributed by atoms with Gasteiger partial charge in [0.25, 0.3) is 0 Å². The van der Waals surface area contributed by atoms with Gasteiger partial charge in [-0.05, 0) is 12.1 Å². The highest BCUT2D eigenvalue weighted by Crippen LogP contribution is 2.23. The molecule has 0 aliphatic rings. The lowest BCUT2D eigenvalue weighted by molar-refractivity contribution is -0.173. The van der Waals surface area contributed by atoms with Crippen LogP contribution < -0.4 is 5.32 Å². The van der Waals surface area contributed by atoms with Crippen LogP contribution in [0.25, 0.3) is 10.6 Å². The Bertz CT molecular complexity index is 568. The fourth-order valence-corrected chi connectivity index (χ4v) is 2.11. The summed E-state index contributed by atoms with van der Waals surface area (Å²) in [6.45, 7) is -0.250. The molecule has 2 rings (SSSR count). The van der Waals surface area contributed by atoms with E-state index in [4.69, 9.17) is 0 Å². The molecule has 100 valence electrons. The molecule has 0 aliphatic carbocycles. The van der Waals surface area contributed by atoms with Crippen LogP contribution in [0, 0.1) is 0 Å². The van der Waals surface area contributed by atoms with Crippen molar-refractivity contribution in [2.24, 2.45) is 0 Å². The van der Waals surface area contributed by atoms with Crippen LogP contribution >= 0.6 is 11.3 Å². The zero-order chi connectivity index (χ0) is 13.9. The van der Waals surface area contributed by atoms with Gasteiger partial charge in [0, 0.05) is 23.3 Å². The molecule has 0 aromatic carbocycles. The zero-order valence-electron chi connectivity index (χ0n) is 9.44. The third kappa shape index (κ3) is 3.50. The molecule has 0 fully saturated rings. The average Bonchev–Trinajstić information content (AvgIpc) is 2.84. The molecule has 0 aliphatic heterocycles. The van der Waals surface area contributed by atoms with Gasteiger partial charge < -0.3 is 5.32 Å². The summed E-state index contributed by atoms with van der Waals surface area (Å²) in [5.74, 6) is -1.97. The highest BCUT2D eigenvalue weighted by Gasteiger charge is 2.38. The number of carbonyl (C=O) groups excluding carboxylic acids is 1. The van der Waals surface area contributed by atoms with E-state index in [2.05, 4.69) is 9.97 Å². The summed E-state index contributed by atoms with van der Waals surface area (Å²) in [7, 11) is 0. The summed E-state index contributed by atoms with van der Waals surface area (Å²) >= 11 is 1.29. The van der Waals surface area contributed by atoms with Crippen molar-refractivity contribution >= 4 is 17.2 Å². The number of halogens is 3. The first-order valence-corrected chi connectivity index (χ1v) is 6.04. The van der Waals surface area contributed by atoms with Crippen LogP contribution in [0.2, 0.25) is 0 Å². The minimum Gasteiger partial charge on any atom is -0.343 e. The molecule has 0 spiro atoms. The fourth-order valence-electron chi connectivity index (χ4n) is 1.29. The maximum Gasteiger partial charge on any atom is 0.471 e. The number of rotatable bonds is 3. The molecule has 2 aromatic heterocycles. The van der Waals surface area contributed by atoms with Crippen molar-refractivity contribution in [2.45, 2.75) is 12.7 Å². The standard InChI is InChI=1S/C11H8F3N3OS/c12-11(13,14)10(18)16-5-8-6-19-9(17-8)7-1-3-15-4-2-7/h1-4,6H,5H2,(H,16,18). The van der Waals surface area contributed by atoms with Gasteiger partial charge in [-0.1, -0.05) is 0 Å². The van der Waals surface area contributed by atoms with Crippen LogP contribution in [0.5, 0.6) is 0 Å². The number of nitrogens with zero attached hydrogens (tertiary/aromatic N) is 2. The molecule has 0 radical (unpaired) electrons. The van der Waals surface area contributed by atoms with Crippen LogP contribution in [-0.4, -0.2) is 22.1 Å². The van der Waals surface area contributed by atoms with Gasteiger partial charge in [0.15, 0.2) is 0 Å². The van der Waals surface area contributed by atoms with Crippen molar-refractivity contribution in [2.75, 3.05) is 0 Å². The minimum absolute atomic E-state index is 0.250. The van der Waals surface area contributed by atoms with Crippen molar-refractivity contribution < 1.29 is 18.0 Å². The Morgan fingerprint density at radius 3 is 2.63 bits per heavy atom. The van der Waals surface area contributed by atoms with Crippen molar-refractivity contribution in [1.82, 2.24) is 15.3 Å². The third-order valence-corrected chi connectivity index (χ3v) is 3.11. The molecule has 0 saturated heterocycles. The second-order valence-corrected chi connectivity index (χ2v) is 4.42. The van der Waals surface area contributed by atoms with Gasteiger partial charge in [-0.15, -0.1) is 11.3 Å². The second kappa shape index (κ2) is 5.35. The summed E-state index contributed by atoms with van der Waals surface area (Å²) in [5, 5.41) is 4.04. The third-order valence-electron chi connectivity index (χ3n) is 2.17. The number of alkyl halides is 3. The maximum atomic E-state index is 12.0. The van der Waals surface area contributed by atoms with Gasteiger partial charge in [-0.25, -0.2) is 4.98 Å². The van der Waals surface area contributed by atoms with Crippen molar-refractivity contribution in [3.05, 3.63) is 35.6 Å². The van der Waals surface area contributed by atoms with Crippen LogP contribution in [0.15, 0.2) is 29.9 Å². The topological polar surface area (TPSA) is 54.9 Å². The molecule has 0 saturated carbocycles. The van der Waals surface area contributed by atoms with E-state index in [9.17, 15) is 18.0 Å². The summed E-state index contributed by atoms with van der Waals surface area (Å²) in [4.78, 5) is 18.6. The first-order chi connectivity index (χ1) is 8.97. The van der Waals surface area contributed by atoms with Crippen LogP contribution in [0.4, 0.5) is 13.2 Å². The number of hydrogen-bond acceptors (Lipinski definition) is 4. The van der Waals surface area contributed by atoms with Crippen molar-refractivity contribution in [3.8, 4) is 10.6 Å². The number of thiazole rings is 1. The Morgan fingerprint density at radius 1 is 1.32 bits per heavy atom. The first kappa shape index (κ1) is 13.5. The van der Waals surface area contributed by atoms with Crippen LogP contribution in [0.3, 0.4) is 0 Å². The zero-order valence-corrected chi connectivity index (χ0v) is 10.3. The van der Waals surface area contributed by atoms with Gasteiger partial charge in [-0.3, -0.25) is 9.78 Å². The summed E-state index contributed by atoms with van der Waals surface area (Å²) in [6.07, 6.45) is -1.67. The molecule has 0 atom stereocenters. The largest absolute Gasteiger partial charge is 0.471 e. The number of aromatic nitrogens is 2. The van der Waals surface area contributed by atoms with E-state index in [1.807, 2.05) is 0 Å². The monoisotopic (exact) mass is 287 g/mol. The lowest BCUT2D eigenvalue weighted by Crippen LogP contribution is -2.36. The molecule has 19 heavy (non-hydrogen) atoms. The van der Waals surface area contributed by atoms with E-state index in [1.165, 1.54) is 11.3 Å². The molecule has 1 amide bonds. The summed E-state index contributed by atoms with van der Waals surface area (Å²) < 4.78 is 36.0. The van der Waals surface area contributed by atoms with E-state index in [0.29, 0.717) is 10.7 Å². The quantitative estimate of drug-likeness (QED) is 0.943. The molecular formula is C11H8F3N3OS. The normalized spacial score (nSPS) is 11.3. The van der Waals surface area contributed by atoms with E-state index in [1.54, 1.807) is 35.2 Å². The van der Waals surface area contributed by atoms with Gasteiger partial charge in [0.1, 0.15) is 5.01 Å². The van der Waals surface area contributed by atoms with Gasteiger partial charge in [-0.2, -0.15) is 13.2 Å². The lowest BCUT2D eigenvalue weighted by Gasteiger charge is -2.05. The molecule has 0 unspecified atom stereocenters. The molecule has 8 heteroatoms. The van der Waals surface area contributed by atoms with Gasteiger partial charge in [0.2, 0.25) is 0 Å². The first-order valence-electron chi connectivity index (χ1n) is 5.16. The predicted molar refractivity (Wildman–Crippen MR) is 63.2 cm³/mol. The van der Waals surface area contributed by atoms with Gasteiger partial charge in [0.05, 0.1) is 12.2 Å².